The zero-order valence-electron chi connectivity index (χ0n) is 16.3. The van der Waals surface area contributed by atoms with Crippen LogP contribution in [0.4, 0.5) is 0 Å². The molecule has 129 valence electrons. The summed E-state index contributed by atoms with van der Waals surface area (Å²) in [5, 5.41) is 0. The van der Waals surface area contributed by atoms with Gasteiger partial charge in [-0.1, -0.05) is 132 Å². The Morgan fingerprint density at radius 2 is 1.11 bits per heavy atom. The molecule has 0 aliphatic rings. The molecule has 0 aromatic heterocycles. The molecule has 0 amide bonds. The van der Waals surface area contributed by atoms with Crippen LogP contribution in [0, 0.1) is 0 Å². The van der Waals surface area contributed by atoms with Gasteiger partial charge in [0.25, 0.3) is 0 Å². The Labute approximate surface area is 190 Å². The van der Waals surface area contributed by atoms with Gasteiger partial charge in [-0.2, -0.15) is 0 Å². The van der Waals surface area contributed by atoms with E-state index in [1.165, 1.54) is 27.5 Å². The molecule has 28 heavy (non-hydrogen) atoms. The van der Waals surface area contributed by atoms with Gasteiger partial charge in [-0.25, -0.2) is 0 Å². The van der Waals surface area contributed by atoms with Gasteiger partial charge in [-0.05, 0) is 22.8 Å². The van der Waals surface area contributed by atoms with Gasteiger partial charge in [0.2, 0.25) is 6.71 Å². The first-order valence-electron chi connectivity index (χ1n) is 9.28. The molecule has 0 saturated carbocycles. The van der Waals surface area contributed by atoms with E-state index in [1.54, 1.807) is 0 Å². The van der Waals surface area contributed by atoms with E-state index < -0.39 is 0 Å². The van der Waals surface area contributed by atoms with E-state index in [9.17, 15) is 0 Å². The summed E-state index contributed by atoms with van der Waals surface area (Å²) in [7, 11) is 0. The molecule has 0 atom stereocenters. The molecule has 4 aromatic carbocycles. The van der Waals surface area contributed by atoms with Crippen molar-refractivity contribution in [2.75, 3.05) is 0 Å². The quantitative estimate of drug-likeness (QED) is 0.466. The Morgan fingerprint density at radius 1 is 0.607 bits per heavy atom. The minimum Gasteiger partial charge on any atom is -0.0985 e. The molecule has 0 aliphatic carbocycles. The second-order valence-electron chi connectivity index (χ2n) is 6.67. The van der Waals surface area contributed by atoms with E-state index in [-0.39, 0.29) is 36.3 Å². The summed E-state index contributed by atoms with van der Waals surface area (Å²) in [4.78, 5) is 0. The van der Waals surface area contributed by atoms with Gasteiger partial charge in [-0.15, -0.1) is 0 Å². The summed E-state index contributed by atoms with van der Waals surface area (Å²) in [5.41, 5.74) is 7.53. The van der Waals surface area contributed by atoms with Crippen molar-refractivity contribution in [2.24, 2.45) is 0 Å². The zero-order chi connectivity index (χ0) is 18.5. The summed E-state index contributed by atoms with van der Waals surface area (Å²) >= 11 is 0. The van der Waals surface area contributed by atoms with Gasteiger partial charge in [0.05, 0.1) is 0 Å². The topological polar surface area (TPSA) is 0 Å². The van der Waals surface area contributed by atoms with Crippen LogP contribution in [0.3, 0.4) is 0 Å². The van der Waals surface area contributed by atoms with Crippen LogP contribution in [0.1, 0.15) is 5.56 Å². The summed E-state index contributed by atoms with van der Waals surface area (Å²) in [5.74, 6) is 0. The normalized spacial score (nSPS) is 10.0. The molecule has 0 bridgehead atoms. The van der Waals surface area contributed by atoms with Crippen molar-refractivity contribution < 1.29 is 0 Å². The van der Waals surface area contributed by atoms with Crippen LogP contribution in [-0.4, -0.2) is 36.3 Å². The predicted molar refractivity (Wildman–Crippen MR) is 125 cm³/mol. The minimum atomic E-state index is 0. The minimum absolute atomic E-state index is 0. The van der Waals surface area contributed by atoms with Crippen LogP contribution in [0.2, 0.25) is 0 Å². The molecule has 0 aliphatic heterocycles. The number of hydrogen-bond acceptors (Lipinski definition) is 0. The molecular weight excluding hydrogens is 346 g/mol. The third kappa shape index (κ3) is 4.39. The summed E-state index contributed by atoms with van der Waals surface area (Å²) in [6.07, 6.45) is 1.91. The molecule has 4 rings (SSSR count). The fourth-order valence-corrected chi connectivity index (χ4v) is 3.66. The Morgan fingerprint density at radius 3 is 1.61 bits per heavy atom. The van der Waals surface area contributed by atoms with Crippen molar-refractivity contribution in [1.82, 2.24) is 0 Å². The van der Waals surface area contributed by atoms with Gasteiger partial charge in [0, 0.05) is 29.6 Å². The van der Waals surface area contributed by atoms with E-state index in [0.29, 0.717) is 0 Å². The molecule has 1 radical (unpaired) electrons. The molecule has 0 fully saturated rings. The molecule has 0 spiro atoms. The van der Waals surface area contributed by atoms with E-state index in [2.05, 4.69) is 116 Å². The summed E-state index contributed by atoms with van der Waals surface area (Å²) in [6, 6.07) is 38.8. The number of rotatable bonds is 5. The van der Waals surface area contributed by atoms with E-state index >= 15 is 0 Å². The molecule has 0 unspecified atom stereocenters. The number of hydrogen-bond donors (Lipinski definition) is 0. The van der Waals surface area contributed by atoms with Crippen LogP contribution in [0.5, 0.6) is 0 Å². The van der Waals surface area contributed by atoms with Crippen LogP contribution in [0.15, 0.2) is 116 Å². The van der Waals surface area contributed by atoms with E-state index in [4.69, 9.17) is 0 Å². The van der Waals surface area contributed by atoms with Crippen LogP contribution in [0.25, 0.3) is 17.2 Å². The van der Waals surface area contributed by atoms with Crippen LogP contribution >= 0.6 is 0 Å². The van der Waals surface area contributed by atoms with Gasteiger partial charge < -0.3 is 0 Å². The monoisotopic (exact) mass is 367 g/mol. The van der Waals surface area contributed by atoms with E-state index in [0.717, 1.165) is 5.56 Å². The standard InChI is InChI=1S/C26H21B.Na/c1-2-21-18-19-26(25(20-21)22-12-6-3-7-13-22)27(23-14-8-4-9-15-23)24-16-10-5-11-17-24;/h2-20H,1H2;. The van der Waals surface area contributed by atoms with Gasteiger partial charge in [0.15, 0.2) is 0 Å². The Balaban J connectivity index is 0.00000225. The van der Waals surface area contributed by atoms with E-state index in [1.807, 2.05) is 6.08 Å². The third-order valence-electron chi connectivity index (χ3n) is 4.97. The second-order valence-corrected chi connectivity index (χ2v) is 6.67. The molecule has 2 heteroatoms. The molecule has 0 N–H and O–H groups in total. The maximum atomic E-state index is 3.96. The van der Waals surface area contributed by atoms with Crippen LogP contribution in [-0.2, 0) is 0 Å². The fourth-order valence-electron chi connectivity index (χ4n) is 3.66. The maximum absolute atomic E-state index is 3.96. The Hall–Kier alpha value is -2.32. The molecule has 0 heterocycles. The molecule has 0 saturated heterocycles. The smallest absolute Gasteiger partial charge is 0.0985 e. The van der Waals surface area contributed by atoms with Crippen molar-refractivity contribution in [2.45, 2.75) is 0 Å². The maximum Gasteiger partial charge on any atom is 0.241 e. The molecule has 4 aromatic rings. The van der Waals surface area contributed by atoms with Crippen molar-refractivity contribution in [3.05, 3.63) is 121 Å². The van der Waals surface area contributed by atoms with Crippen molar-refractivity contribution >= 4 is 58.7 Å². The van der Waals surface area contributed by atoms with Crippen LogP contribution < -0.4 is 16.4 Å². The molecule has 0 nitrogen and oxygen atoms in total. The van der Waals surface area contributed by atoms with Gasteiger partial charge in [-0.3, -0.25) is 0 Å². The first-order valence-corrected chi connectivity index (χ1v) is 9.28. The summed E-state index contributed by atoms with van der Waals surface area (Å²) < 4.78 is 0. The average molecular weight is 367 g/mol. The van der Waals surface area contributed by atoms with Crippen molar-refractivity contribution in [3.63, 3.8) is 0 Å². The second kappa shape index (κ2) is 9.75. The first kappa shape index (κ1) is 20.4. The fraction of sp³-hybridized carbons (Fsp3) is 0. The number of benzene rings is 4. The largest absolute Gasteiger partial charge is 0.241 e. The van der Waals surface area contributed by atoms with Crippen molar-refractivity contribution in [3.8, 4) is 11.1 Å². The zero-order valence-corrected chi connectivity index (χ0v) is 18.3. The van der Waals surface area contributed by atoms with Gasteiger partial charge in [0.1, 0.15) is 0 Å². The average Bonchev–Trinajstić information content (AvgIpc) is 2.76. The molecular formula is C26H21BNa. The van der Waals surface area contributed by atoms with Gasteiger partial charge >= 0.3 is 0 Å². The predicted octanol–water partition coefficient (Wildman–Crippen LogP) is 4.13. The van der Waals surface area contributed by atoms with Crippen molar-refractivity contribution in [1.29, 1.82) is 0 Å². The Kier molecular flexibility index (Phi) is 7.11. The summed E-state index contributed by atoms with van der Waals surface area (Å²) in [6.45, 7) is 4.14. The SMILES string of the molecule is C=Cc1ccc(B(c2ccccc2)c2ccccc2)c(-c2ccccc2)c1.[Na]. The third-order valence-corrected chi connectivity index (χ3v) is 4.97. The Bertz CT molecular complexity index is 988. The first-order chi connectivity index (χ1) is 13.4.